The Bertz CT molecular complexity index is 733. The van der Waals surface area contributed by atoms with E-state index in [1.54, 1.807) is 5.32 Å². The number of benzene rings is 1. The van der Waals surface area contributed by atoms with E-state index < -0.39 is 40.2 Å². The van der Waals surface area contributed by atoms with Gasteiger partial charge in [0.15, 0.2) is 0 Å². The third-order valence-electron chi connectivity index (χ3n) is 3.07. The zero-order valence-corrected chi connectivity index (χ0v) is 12.2. The van der Waals surface area contributed by atoms with Crippen molar-refractivity contribution in [3.63, 3.8) is 0 Å². The number of alkyl halides is 3. The average molecular weight is 341 g/mol. The van der Waals surface area contributed by atoms with Crippen molar-refractivity contribution in [2.75, 3.05) is 28.0 Å². The fraction of sp³-hybridized carbons (Fsp3) is 0.364. The van der Waals surface area contributed by atoms with E-state index >= 15 is 0 Å². The second kappa shape index (κ2) is 5.00. The molecule has 122 valence electrons. The molecule has 1 aromatic carbocycles. The van der Waals surface area contributed by atoms with Crippen molar-refractivity contribution in [2.24, 2.45) is 0 Å². The van der Waals surface area contributed by atoms with Crippen LogP contribution in [0.1, 0.15) is 6.42 Å². The third kappa shape index (κ3) is 2.80. The van der Waals surface area contributed by atoms with Crippen molar-refractivity contribution in [2.45, 2.75) is 12.6 Å². The molecule has 0 saturated heterocycles. The number of fused-ring (bicyclic) bond motifs is 1. The molecule has 1 amide bonds. The van der Waals surface area contributed by atoms with Crippen LogP contribution in [0.15, 0.2) is 12.1 Å². The summed E-state index contributed by atoms with van der Waals surface area (Å²) in [5.74, 6) is -2.48. The summed E-state index contributed by atoms with van der Waals surface area (Å²) in [4.78, 5) is 11.2. The molecule has 2 rings (SSSR count). The average Bonchev–Trinajstić information content (AvgIpc) is 2.50. The number of hydrogen-bond acceptors (Lipinski definition) is 3. The van der Waals surface area contributed by atoms with E-state index in [1.165, 1.54) is 14.1 Å². The highest BCUT2D eigenvalue weighted by molar-refractivity contribution is 7.94. The normalized spacial score (nSPS) is 16.6. The van der Waals surface area contributed by atoms with Crippen LogP contribution in [0.5, 0.6) is 0 Å². The summed E-state index contributed by atoms with van der Waals surface area (Å²) in [7, 11) is -1.43. The topological polar surface area (TPSA) is 69.7 Å². The van der Waals surface area contributed by atoms with Gasteiger partial charge in [0.1, 0.15) is 12.2 Å². The van der Waals surface area contributed by atoms with Crippen LogP contribution in [0.25, 0.3) is 0 Å². The first kappa shape index (κ1) is 16.3. The number of carbonyl (C=O) groups excluding carboxylic acids is 1. The minimum absolute atomic E-state index is 0.0221. The highest BCUT2D eigenvalue weighted by Gasteiger charge is 2.37. The van der Waals surface area contributed by atoms with Gasteiger partial charge in [-0.2, -0.15) is 21.6 Å². The second-order valence-electron chi connectivity index (χ2n) is 4.60. The summed E-state index contributed by atoms with van der Waals surface area (Å²) in [5.41, 5.74) is -0.453. The fourth-order valence-electron chi connectivity index (χ4n) is 1.96. The number of nitrogens with one attached hydrogen (secondary N) is 1. The first-order valence-electron chi connectivity index (χ1n) is 5.86. The molecule has 0 unspecified atom stereocenters. The van der Waals surface area contributed by atoms with Crippen molar-refractivity contribution in [3.8, 4) is 0 Å². The van der Waals surface area contributed by atoms with Gasteiger partial charge in [0.05, 0.1) is 17.1 Å². The molecule has 0 spiro atoms. The molecule has 1 aliphatic rings. The van der Waals surface area contributed by atoms with E-state index in [0.717, 1.165) is 20.7 Å². The molecular weight excluding hydrogens is 330 g/mol. The van der Waals surface area contributed by atoms with Crippen LogP contribution < -0.4 is 13.9 Å². The number of carbonyl (C=O) groups is 1. The maximum absolute atomic E-state index is 13.9. The summed E-state index contributed by atoms with van der Waals surface area (Å²) < 4.78 is 75.6. The standard InChI is InChI=1S/C11H11F4N3O3S/c1-17-8-3-6(12)7(16-10(19)5-11(13,14)15)4-9(8)18(2)22(17,20)21/h3-4H,5H2,1-2H3,(H,16,19). The van der Waals surface area contributed by atoms with Crippen LogP contribution in [-0.4, -0.2) is 34.6 Å². The lowest BCUT2D eigenvalue weighted by Gasteiger charge is -2.13. The molecule has 6 nitrogen and oxygen atoms in total. The summed E-state index contributed by atoms with van der Waals surface area (Å²) in [6.07, 6.45) is -6.49. The lowest BCUT2D eigenvalue weighted by atomic mass is 10.2. The quantitative estimate of drug-likeness (QED) is 0.835. The van der Waals surface area contributed by atoms with Crippen LogP contribution in [0.3, 0.4) is 0 Å². The Labute approximate surface area is 123 Å². The van der Waals surface area contributed by atoms with Crippen LogP contribution in [0.4, 0.5) is 34.6 Å². The summed E-state index contributed by atoms with van der Waals surface area (Å²) in [6, 6.07) is 1.81. The first-order chi connectivity index (χ1) is 9.93. The molecule has 22 heavy (non-hydrogen) atoms. The predicted octanol–water partition coefficient (Wildman–Crippen LogP) is 1.85. The molecule has 0 atom stereocenters. The first-order valence-corrected chi connectivity index (χ1v) is 7.26. The summed E-state index contributed by atoms with van der Waals surface area (Å²) >= 11 is 0. The lowest BCUT2D eigenvalue weighted by molar-refractivity contribution is -0.150. The van der Waals surface area contributed by atoms with Crippen LogP contribution >= 0.6 is 0 Å². The fourth-order valence-corrected chi connectivity index (χ4v) is 3.12. The van der Waals surface area contributed by atoms with Gasteiger partial charge in [-0.15, -0.1) is 0 Å². The van der Waals surface area contributed by atoms with E-state index in [4.69, 9.17) is 0 Å². The van der Waals surface area contributed by atoms with Crippen molar-refractivity contribution in [3.05, 3.63) is 17.9 Å². The highest BCUT2D eigenvalue weighted by atomic mass is 32.2. The van der Waals surface area contributed by atoms with Crippen molar-refractivity contribution in [1.29, 1.82) is 0 Å². The van der Waals surface area contributed by atoms with Crippen molar-refractivity contribution >= 4 is 33.2 Å². The Balaban J connectivity index is 2.35. The zero-order chi connectivity index (χ0) is 16.9. The van der Waals surface area contributed by atoms with Gasteiger partial charge in [0.2, 0.25) is 5.91 Å². The molecule has 0 saturated carbocycles. The molecule has 0 aromatic heterocycles. The second-order valence-corrected chi connectivity index (χ2v) is 6.59. The molecule has 0 aliphatic carbocycles. The van der Waals surface area contributed by atoms with Crippen molar-refractivity contribution in [1.82, 2.24) is 0 Å². The predicted molar refractivity (Wildman–Crippen MR) is 71.4 cm³/mol. The maximum Gasteiger partial charge on any atom is 0.397 e. The minimum Gasteiger partial charge on any atom is -0.323 e. The Hall–Kier alpha value is -2.04. The Morgan fingerprint density at radius 2 is 1.68 bits per heavy atom. The molecule has 0 fully saturated rings. The molecule has 1 aromatic rings. The van der Waals surface area contributed by atoms with Crippen LogP contribution in [0, 0.1) is 5.82 Å². The Morgan fingerprint density at radius 1 is 1.18 bits per heavy atom. The summed E-state index contributed by atoms with van der Waals surface area (Å²) in [5, 5.41) is 1.79. The zero-order valence-electron chi connectivity index (χ0n) is 11.4. The molecule has 11 heteroatoms. The molecule has 1 heterocycles. The number of rotatable bonds is 2. The van der Waals surface area contributed by atoms with Crippen LogP contribution in [0.2, 0.25) is 0 Å². The monoisotopic (exact) mass is 341 g/mol. The number of halogens is 4. The van der Waals surface area contributed by atoms with Gasteiger partial charge in [0, 0.05) is 20.2 Å². The Kier molecular flexibility index (Phi) is 3.71. The van der Waals surface area contributed by atoms with E-state index in [-0.39, 0.29) is 11.4 Å². The third-order valence-corrected chi connectivity index (χ3v) is 4.85. The van der Waals surface area contributed by atoms with Gasteiger partial charge in [-0.3, -0.25) is 13.4 Å². The number of nitrogens with zero attached hydrogens (tertiary/aromatic N) is 2. The number of amides is 1. The van der Waals surface area contributed by atoms with Gasteiger partial charge in [0.25, 0.3) is 0 Å². The molecule has 0 radical (unpaired) electrons. The molecule has 1 aliphatic heterocycles. The molecule has 1 N–H and O–H groups in total. The van der Waals surface area contributed by atoms with E-state index in [2.05, 4.69) is 0 Å². The van der Waals surface area contributed by atoms with Gasteiger partial charge < -0.3 is 5.32 Å². The lowest BCUT2D eigenvalue weighted by Crippen LogP contribution is -2.32. The highest BCUT2D eigenvalue weighted by Crippen LogP contribution is 2.41. The van der Waals surface area contributed by atoms with Crippen LogP contribution in [-0.2, 0) is 15.0 Å². The van der Waals surface area contributed by atoms with E-state index in [9.17, 15) is 30.8 Å². The van der Waals surface area contributed by atoms with E-state index in [1.807, 2.05) is 0 Å². The number of anilines is 3. The SMILES string of the molecule is CN1c2cc(F)c(NC(=O)CC(F)(F)F)cc2N(C)S1(=O)=O. The van der Waals surface area contributed by atoms with Crippen molar-refractivity contribution < 1.29 is 30.8 Å². The smallest absolute Gasteiger partial charge is 0.323 e. The minimum atomic E-state index is -4.72. The van der Waals surface area contributed by atoms with Gasteiger partial charge >= 0.3 is 16.4 Å². The Morgan fingerprint density at radius 3 is 2.18 bits per heavy atom. The van der Waals surface area contributed by atoms with Gasteiger partial charge in [-0.25, -0.2) is 4.39 Å². The molecule has 0 bridgehead atoms. The number of hydrogen-bond donors (Lipinski definition) is 1. The largest absolute Gasteiger partial charge is 0.397 e. The molecular formula is C11H11F4N3O3S. The van der Waals surface area contributed by atoms with E-state index in [0.29, 0.717) is 0 Å². The van der Waals surface area contributed by atoms with Gasteiger partial charge in [-0.05, 0) is 6.07 Å². The maximum atomic E-state index is 13.9. The summed E-state index contributed by atoms with van der Waals surface area (Å²) in [6.45, 7) is 0. The van der Waals surface area contributed by atoms with Gasteiger partial charge in [-0.1, -0.05) is 0 Å².